The van der Waals surface area contributed by atoms with Crippen LogP contribution in [-0.2, 0) is 35.5 Å². The van der Waals surface area contributed by atoms with Gasteiger partial charge in [-0.2, -0.15) is 5.10 Å². The van der Waals surface area contributed by atoms with E-state index in [2.05, 4.69) is 39.6 Å². The summed E-state index contributed by atoms with van der Waals surface area (Å²) >= 11 is 0. The molecule has 2 aliphatic heterocycles. The molecule has 2 aliphatic rings. The molecule has 4 rings (SSSR count). The number of anilines is 1. The van der Waals surface area contributed by atoms with E-state index in [0.29, 0.717) is 38.6 Å². The van der Waals surface area contributed by atoms with E-state index in [1.165, 1.54) is 17.7 Å². The van der Waals surface area contributed by atoms with E-state index in [1.807, 2.05) is 4.68 Å². The van der Waals surface area contributed by atoms with Crippen LogP contribution in [0.5, 0.6) is 0 Å². The summed E-state index contributed by atoms with van der Waals surface area (Å²) in [5, 5.41) is 7.62. The minimum atomic E-state index is -0.109. The van der Waals surface area contributed by atoms with E-state index in [1.54, 1.807) is 7.11 Å². The Labute approximate surface area is 172 Å². The molecule has 3 heterocycles. The molecule has 1 aromatic carbocycles. The topological polar surface area (TPSA) is 68.6 Å². The van der Waals surface area contributed by atoms with Crippen LogP contribution in [0.4, 0.5) is 5.69 Å². The standard InChI is InChI=1S/C22H30N4O3/c1-28-15-13-26-20-9-14-29-16-18(20)21(24-26)22(27)23-10-5-12-25-11-4-7-17-6-2-3-8-19(17)25/h2-3,6,8H,4-5,7,9-16H2,1H3,(H,23,27). The zero-order valence-corrected chi connectivity index (χ0v) is 17.2. The Morgan fingerprint density at radius 1 is 1.28 bits per heavy atom. The van der Waals surface area contributed by atoms with Crippen molar-refractivity contribution < 1.29 is 14.3 Å². The van der Waals surface area contributed by atoms with Crippen LogP contribution >= 0.6 is 0 Å². The first-order valence-corrected chi connectivity index (χ1v) is 10.5. The van der Waals surface area contributed by atoms with E-state index in [0.717, 1.165) is 43.6 Å². The largest absolute Gasteiger partial charge is 0.383 e. The third-order valence-electron chi connectivity index (χ3n) is 5.72. The monoisotopic (exact) mass is 398 g/mol. The number of rotatable bonds is 8. The van der Waals surface area contributed by atoms with Crippen molar-refractivity contribution in [2.24, 2.45) is 0 Å². The molecule has 29 heavy (non-hydrogen) atoms. The average Bonchev–Trinajstić information content (AvgIpc) is 3.14. The van der Waals surface area contributed by atoms with Gasteiger partial charge in [0.05, 0.1) is 26.4 Å². The number of aryl methyl sites for hydroxylation is 1. The summed E-state index contributed by atoms with van der Waals surface area (Å²) in [6.07, 6.45) is 4.04. The van der Waals surface area contributed by atoms with E-state index in [4.69, 9.17) is 9.47 Å². The van der Waals surface area contributed by atoms with Crippen molar-refractivity contribution in [3.63, 3.8) is 0 Å². The first kappa shape index (κ1) is 19.9. The van der Waals surface area contributed by atoms with Crippen LogP contribution in [0.25, 0.3) is 0 Å². The van der Waals surface area contributed by atoms with Gasteiger partial charge >= 0.3 is 0 Å². The normalized spacial score (nSPS) is 15.7. The highest BCUT2D eigenvalue weighted by Crippen LogP contribution is 2.26. The number of amides is 1. The van der Waals surface area contributed by atoms with Gasteiger partial charge in [-0.15, -0.1) is 0 Å². The van der Waals surface area contributed by atoms with Crippen molar-refractivity contribution in [3.05, 3.63) is 46.8 Å². The Hall–Kier alpha value is -2.38. The van der Waals surface area contributed by atoms with Crippen LogP contribution in [0, 0.1) is 0 Å². The van der Waals surface area contributed by atoms with Gasteiger partial charge in [0.25, 0.3) is 5.91 Å². The molecule has 0 unspecified atom stereocenters. The molecular formula is C22H30N4O3. The zero-order valence-electron chi connectivity index (χ0n) is 17.2. The number of hydrogen-bond donors (Lipinski definition) is 1. The quantitative estimate of drug-likeness (QED) is 0.691. The number of benzene rings is 1. The molecule has 0 bridgehead atoms. The summed E-state index contributed by atoms with van der Waals surface area (Å²) < 4.78 is 12.6. The molecule has 156 valence electrons. The average molecular weight is 399 g/mol. The smallest absolute Gasteiger partial charge is 0.272 e. The molecule has 7 heteroatoms. The van der Waals surface area contributed by atoms with Crippen LogP contribution in [0.2, 0.25) is 0 Å². The highest BCUT2D eigenvalue weighted by molar-refractivity contribution is 5.94. The van der Waals surface area contributed by atoms with Crippen LogP contribution in [0.15, 0.2) is 24.3 Å². The van der Waals surface area contributed by atoms with Gasteiger partial charge in [-0.05, 0) is 30.9 Å². The molecule has 2 aromatic rings. The molecule has 0 saturated carbocycles. The van der Waals surface area contributed by atoms with Crippen molar-refractivity contribution in [2.75, 3.05) is 44.9 Å². The van der Waals surface area contributed by atoms with Crippen molar-refractivity contribution in [2.45, 2.75) is 38.8 Å². The lowest BCUT2D eigenvalue weighted by Crippen LogP contribution is -2.33. The van der Waals surface area contributed by atoms with Crippen molar-refractivity contribution in [3.8, 4) is 0 Å². The number of hydrogen-bond acceptors (Lipinski definition) is 5. The van der Waals surface area contributed by atoms with Crippen molar-refractivity contribution in [1.29, 1.82) is 0 Å². The van der Waals surface area contributed by atoms with Gasteiger partial charge in [0.1, 0.15) is 0 Å². The van der Waals surface area contributed by atoms with E-state index >= 15 is 0 Å². The Morgan fingerprint density at radius 2 is 2.17 bits per heavy atom. The lowest BCUT2D eigenvalue weighted by Gasteiger charge is -2.31. The minimum Gasteiger partial charge on any atom is -0.383 e. The molecule has 7 nitrogen and oxygen atoms in total. The summed E-state index contributed by atoms with van der Waals surface area (Å²) in [6.45, 7) is 5.02. The number of fused-ring (bicyclic) bond motifs is 2. The third kappa shape index (κ3) is 4.46. The predicted molar refractivity (Wildman–Crippen MR) is 111 cm³/mol. The molecule has 1 aromatic heterocycles. The second kappa shape index (κ2) is 9.41. The highest BCUT2D eigenvalue weighted by Gasteiger charge is 2.25. The van der Waals surface area contributed by atoms with E-state index < -0.39 is 0 Å². The van der Waals surface area contributed by atoms with Gasteiger partial charge in [0.15, 0.2) is 5.69 Å². The fourth-order valence-corrected chi connectivity index (χ4v) is 4.25. The van der Waals surface area contributed by atoms with E-state index in [9.17, 15) is 4.79 Å². The number of methoxy groups -OCH3 is 1. The summed E-state index contributed by atoms with van der Waals surface area (Å²) in [5.74, 6) is -0.109. The van der Waals surface area contributed by atoms with Gasteiger partial charge in [-0.3, -0.25) is 9.48 Å². The first-order chi connectivity index (χ1) is 14.3. The fourth-order valence-electron chi connectivity index (χ4n) is 4.25. The molecular weight excluding hydrogens is 368 g/mol. The number of ether oxygens (including phenoxy) is 2. The molecule has 0 atom stereocenters. The lowest BCUT2D eigenvalue weighted by molar-refractivity contribution is 0.0924. The number of carbonyl (C=O) groups excluding carboxylic acids is 1. The SMILES string of the molecule is COCCn1nc(C(=O)NCCCN2CCCc3ccccc32)c2c1CCOC2. The first-order valence-electron chi connectivity index (χ1n) is 10.5. The molecule has 0 saturated heterocycles. The summed E-state index contributed by atoms with van der Waals surface area (Å²) in [6, 6.07) is 8.63. The van der Waals surface area contributed by atoms with Crippen LogP contribution < -0.4 is 10.2 Å². The maximum Gasteiger partial charge on any atom is 0.272 e. The predicted octanol–water partition coefficient (Wildman–Crippen LogP) is 2.17. The number of nitrogens with zero attached hydrogens (tertiary/aromatic N) is 3. The number of aromatic nitrogens is 2. The maximum atomic E-state index is 12.8. The van der Waals surface area contributed by atoms with Crippen molar-refractivity contribution in [1.82, 2.24) is 15.1 Å². The van der Waals surface area contributed by atoms with Gasteiger partial charge in [0.2, 0.25) is 0 Å². The Balaban J connectivity index is 1.33. The number of carbonyl (C=O) groups is 1. The van der Waals surface area contributed by atoms with Gasteiger partial charge in [-0.25, -0.2) is 0 Å². The molecule has 1 N–H and O–H groups in total. The highest BCUT2D eigenvalue weighted by atomic mass is 16.5. The Bertz CT molecular complexity index is 849. The third-order valence-corrected chi connectivity index (χ3v) is 5.72. The molecule has 0 spiro atoms. The molecule has 0 radical (unpaired) electrons. The van der Waals surface area contributed by atoms with Crippen LogP contribution in [0.3, 0.4) is 0 Å². The summed E-state index contributed by atoms with van der Waals surface area (Å²) in [7, 11) is 1.67. The summed E-state index contributed by atoms with van der Waals surface area (Å²) in [4.78, 5) is 15.2. The second-order valence-electron chi connectivity index (χ2n) is 7.62. The van der Waals surface area contributed by atoms with E-state index in [-0.39, 0.29) is 5.91 Å². The maximum absolute atomic E-state index is 12.8. The molecule has 1 amide bonds. The fraction of sp³-hybridized carbons (Fsp3) is 0.545. The van der Waals surface area contributed by atoms with Gasteiger partial charge in [-0.1, -0.05) is 18.2 Å². The van der Waals surface area contributed by atoms with Crippen LogP contribution in [-0.4, -0.2) is 55.6 Å². The van der Waals surface area contributed by atoms with Crippen molar-refractivity contribution >= 4 is 11.6 Å². The number of nitrogens with one attached hydrogen (secondary N) is 1. The van der Waals surface area contributed by atoms with Crippen LogP contribution in [0.1, 0.15) is 40.2 Å². The minimum absolute atomic E-state index is 0.109. The molecule has 0 fully saturated rings. The zero-order chi connectivity index (χ0) is 20.1. The number of para-hydroxylation sites is 1. The van der Waals surface area contributed by atoms with Gasteiger partial charge in [0, 0.05) is 50.1 Å². The summed E-state index contributed by atoms with van der Waals surface area (Å²) in [5.41, 5.74) is 5.29. The Morgan fingerprint density at radius 3 is 3.07 bits per heavy atom. The Kier molecular flexibility index (Phi) is 6.46. The lowest BCUT2D eigenvalue weighted by atomic mass is 10.0. The second-order valence-corrected chi connectivity index (χ2v) is 7.62. The van der Waals surface area contributed by atoms with Gasteiger partial charge < -0.3 is 19.7 Å². The molecule has 0 aliphatic carbocycles.